The van der Waals surface area contributed by atoms with Crippen molar-refractivity contribution in [3.63, 3.8) is 0 Å². The summed E-state index contributed by atoms with van der Waals surface area (Å²) in [6.07, 6.45) is 5.93. The molecule has 0 bridgehead atoms. The van der Waals surface area contributed by atoms with E-state index in [1.807, 2.05) is 0 Å². The zero-order chi connectivity index (χ0) is 15.6. The number of allylic oxidation sites excluding steroid dienone is 4. The van der Waals surface area contributed by atoms with Crippen molar-refractivity contribution in [3.05, 3.63) is 51.1 Å². The van der Waals surface area contributed by atoms with Crippen LogP contribution in [-0.2, 0) is 17.5 Å². The Bertz CT molecular complexity index is 580. The molecule has 0 saturated carbocycles. The second kappa shape index (κ2) is 9.64. The predicted molar refractivity (Wildman–Crippen MR) is 109 cm³/mol. The van der Waals surface area contributed by atoms with Crippen molar-refractivity contribution < 1.29 is 20.8 Å². The van der Waals surface area contributed by atoms with Gasteiger partial charge in [0.1, 0.15) is 0 Å². The first-order chi connectivity index (χ1) is 9.79. The van der Waals surface area contributed by atoms with Gasteiger partial charge >= 0.3 is 138 Å². The zero-order valence-corrected chi connectivity index (χ0v) is 20.3. The van der Waals surface area contributed by atoms with Crippen molar-refractivity contribution in [1.82, 2.24) is 0 Å². The molecule has 0 amide bonds. The van der Waals surface area contributed by atoms with Crippen molar-refractivity contribution >= 4 is 39.6 Å². The third-order valence-electron chi connectivity index (χ3n) is 3.78. The quantitative estimate of drug-likeness (QED) is 0.541. The molecule has 2 rings (SSSR count). The van der Waals surface area contributed by atoms with Crippen LogP contribution in [0.2, 0.25) is 32.7 Å². The fourth-order valence-electron chi connectivity index (χ4n) is 2.77. The predicted octanol–water partition coefficient (Wildman–Crippen LogP) is 5.83. The first kappa shape index (κ1) is 23.2. The Labute approximate surface area is 162 Å². The summed E-state index contributed by atoms with van der Waals surface area (Å²) < 4.78 is 8.35. The first-order valence-electron chi connectivity index (χ1n) is 7.81. The van der Waals surface area contributed by atoms with Crippen LogP contribution in [-0.4, -0.2) is 14.7 Å². The molecule has 6 heteroatoms. The summed E-state index contributed by atoms with van der Waals surface area (Å²) in [5.74, 6) is 1.10. The molecular weight excluding hydrogens is 395 g/mol. The van der Waals surface area contributed by atoms with Crippen LogP contribution in [0.1, 0.15) is 12.0 Å². The molecule has 1 aliphatic rings. The second-order valence-electron chi connectivity index (χ2n) is 7.19. The zero-order valence-electron chi connectivity index (χ0n) is 15.0. The van der Waals surface area contributed by atoms with Crippen LogP contribution < -0.4 is 3.32 Å². The molecule has 1 aromatic carbocycles. The van der Waals surface area contributed by atoms with Gasteiger partial charge in [0.05, 0.1) is 0 Å². The van der Waals surface area contributed by atoms with E-state index in [0.717, 1.165) is 12.2 Å². The van der Waals surface area contributed by atoms with E-state index in [1.165, 1.54) is 5.56 Å². The fourth-order valence-corrected chi connectivity index (χ4v) is 16.1. The summed E-state index contributed by atoms with van der Waals surface area (Å²) in [6, 6.07) is 8.58. The van der Waals surface area contributed by atoms with Crippen LogP contribution in [0.4, 0.5) is 0 Å². The van der Waals surface area contributed by atoms with Gasteiger partial charge in [-0.05, 0) is 0 Å². The Morgan fingerprint density at radius 2 is 1.78 bits per heavy atom. The van der Waals surface area contributed by atoms with Gasteiger partial charge in [-0.3, -0.25) is 0 Å². The molecule has 1 aliphatic carbocycles. The van der Waals surface area contributed by atoms with E-state index in [2.05, 4.69) is 76.1 Å². The van der Waals surface area contributed by atoms with E-state index in [1.54, 1.807) is 9.07 Å². The van der Waals surface area contributed by atoms with E-state index in [4.69, 9.17) is 3.32 Å². The molecule has 0 saturated heterocycles. The fraction of sp³-hybridized carbons (Fsp3) is 0.412. The number of hydrogen-bond acceptors (Lipinski definition) is 1. The summed E-state index contributed by atoms with van der Waals surface area (Å²) in [5.41, 5.74) is 1.29. The van der Waals surface area contributed by atoms with Gasteiger partial charge in [0, 0.05) is 0 Å². The molecule has 0 N–H and O–H groups in total. The first-order valence-corrected chi connectivity index (χ1v) is 18.3. The van der Waals surface area contributed by atoms with E-state index in [9.17, 15) is 0 Å². The Morgan fingerprint density at radius 1 is 1.13 bits per heavy atom. The molecule has 0 atom stereocenters. The minimum Gasteiger partial charge on any atom is -0.147 e. The molecule has 0 aromatic heterocycles. The Hall–Kier alpha value is 0.228. The van der Waals surface area contributed by atoms with E-state index in [-0.39, 0.29) is 24.8 Å². The van der Waals surface area contributed by atoms with Gasteiger partial charge in [0.2, 0.25) is 0 Å². The molecule has 0 heterocycles. The SMILES string of the molecule is Cc1cccc([O][Ti]([C]2=C([Si](C)(C)C)C=CC2)[SiH](C)C)c1.Cl.Cl. The smallest absolute Gasteiger partial charge is 0.147 e. The van der Waals surface area contributed by atoms with Crippen LogP contribution in [0, 0.1) is 6.92 Å². The minimum atomic E-state index is -1.59. The topological polar surface area (TPSA) is 9.23 Å². The Balaban J connectivity index is 0.00000242. The maximum absolute atomic E-state index is 6.62. The van der Waals surface area contributed by atoms with Gasteiger partial charge < -0.3 is 0 Å². The van der Waals surface area contributed by atoms with Crippen LogP contribution in [0.25, 0.3) is 0 Å². The number of halogens is 2. The molecule has 1 aromatic rings. The van der Waals surface area contributed by atoms with E-state index in [0.29, 0.717) is 0 Å². The van der Waals surface area contributed by atoms with Crippen molar-refractivity contribution in [2.75, 3.05) is 0 Å². The Morgan fingerprint density at radius 3 is 2.30 bits per heavy atom. The van der Waals surface area contributed by atoms with Crippen LogP contribution in [0.15, 0.2) is 45.5 Å². The van der Waals surface area contributed by atoms with Gasteiger partial charge in [-0.15, -0.1) is 24.8 Å². The van der Waals surface area contributed by atoms with Crippen molar-refractivity contribution in [2.24, 2.45) is 0 Å². The average Bonchev–Trinajstić information content (AvgIpc) is 2.84. The molecule has 0 radical (unpaired) electrons. The standard InChI is InChI=1S/C8H13Si.C7H8O.C2H7Si.2ClH.Ti/c1-9(2,3)8-6-4-5-7-8;1-6-3-2-4-7(8)5-6;1-3-2;;;/h4,6H,5H2,1-3H3;2-5,8H,1H3;3H,1-2H3;2*1H;/q;;;;;+1/p-1. The molecule has 0 spiro atoms. The number of rotatable bonds is 5. The molecule has 0 unspecified atom stereocenters. The molecular formula is C17H29Cl2OSi2Ti. The van der Waals surface area contributed by atoms with Gasteiger partial charge in [-0.1, -0.05) is 0 Å². The summed E-state index contributed by atoms with van der Waals surface area (Å²) in [5, 5.41) is 1.69. The molecule has 0 aliphatic heterocycles. The molecule has 23 heavy (non-hydrogen) atoms. The average molecular weight is 424 g/mol. The molecule has 1 nitrogen and oxygen atoms in total. The summed E-state index contributed by atoms with van der Waals surface area (Å²) >= 11 is -1.59. The van der Waals surface area contributed by atoms with Gasteiger partial charge in [0.25, 0.3) is 0 Å². The minimum absolute atomic E-state index is 0. The summed E-state index contributed by atoms with van der Waals surface area (Å²) in [7, 11) is -1.25. The third kappa shape index (κ3) is 6.22. The van der Waals surface area contributed by atoms with Crippen molar-refractivity contribution in [2.45, 2.75) is 46.1 Å². The third-order valence-corrected chi connectivity index (χ3v) is 16.5. The van der Waals surface area contributed by atoms with E-state index < -0.39 is 32.3 Å². The van der Waals surface area contributed by atoms with E-state index >= 15 is 0 Å². The van der Waals surface area contributed by atoms with Crippen molar-refractivity contribution in [1.29, 1.82) is 0 Å². The molecule has 129 valence electrons. The second-order valence-corrected chi connectivity index (χ2v) is 24.5. The number of benzene rings is 1. The van der Waals surface area contributed by atoms with Crippen LogP contribution in [0.3, 0.4) is 0 Å². The number of hydrogen-bond donors (Lipinski definition) is 0. The maximum Gasteiger partial charge on any atom is -0.147 e. The normalized spacial score (nSPS) is 13.7. The van der Waals surface area contributed by atoms with Gasteiger partial charge in [-0.2, -0.15) is 0 Å². The van der Waals surface area contributed by atoms with Gasteiger partial charge in [0.15, 0.2) is 0 Å². The Kier molecular flexibility index (Phi) is 9.74. The number of aryl methyl sites for hydroxylation is 1. The summed E-state index contributed by atoms with van der Waals surface area (Å²) in [6.45, 7) is 13.7. The van der Waals surface area contributed by atoms with Crippen LogP contribution in [0.5, 0.6) is 5.75 Å². The van der Waals surface area contributed by atoms with Crippen LogP contribution >= 0.6 is 24.8 Å². The maximum atomic E-state index is 6.62. The monoisotopic (exact) mass is 423 g/mol. The van der Waals surface area contributed by atoms with Gasteiger partial charge in [-0.25, -0.2) is 0 Å². The largest absolute Gasteiger partial charge is 0.147 e. The molecule has 0 fully saturated rings. The summed E-state index contributed by atoms with van der Waals surface area (Å²) in [4.78, 5) is 0. The van der Waals surface area contributed by atoms with Crippen molar-refractivity contribution in [3.8, 4) is 5.75 Å².